The molecule has 1 aromatic heterocycles. The highest BCUT2D eigenvalue weighted by molar-refractivity contribution is 5.72. The molecule has 1 heterocycles. The lowest BCUT2D eigenvalue weighted by molar-refractivity contribution is -0.139. The third-order valence-electron chi connectivity index (χ3n) is 1.65. The number of hydrogen-bond acceptors (Lipinski definition) is 4. The van der Waals surface area contributed by atoms with Gasteiger partial charge in [0.05, 0.1) is 19.8 Å². The number of pyridine rings is 1. The van der Waals surface area contributed by atoms with Crippen molar-refractivity contribution in [3.8, 4) is 17.7 Å². The Morgan fingerprint density at radius 3 is 3.00 bits per heavy atom. The van der Waals surface area contributed by atoms with Crippen LogP contribution >= 0.6 is 0 Å². The summed E-state index contributed by atoms with van der Waals surface area (Å²) in [6.07, 6.45) is 1.68. The maximum absolute atomic E-state index is 10.8. The highest BCUT2D eigenvalue weighted by atomic mass is 16.5. The van der Waals surface area contributed by atoms with Crippen molar-refractivity contribution in [3.63, 3.8) is 0 Å². The second-order valence-electron chi connectivity index (χ2n) is 2.61. The van der Waals surface area contributed by atoms with Gasteiger partial charge in [0.2, 0.25) is 5.88 Å². The largest absolute Gasteiger partial charge is 0.480 e. The van der Waals surface area contributed by atoms with Crippen molar-refractivity contribution in [1.29, 1.82) is 0 Å². The molecule has 0 aliphatic carbocycles. The number of aromatic nitrogens is 1. The van der Waals surface area contributed by atoms with Crippen LogP contribution in [0.15, 0.2) is 18.3 Å². The lowest BCUT2D eigenvalue weighted by Crippen LogP contribution is -1.97. The van der Waals surface area contributed by atoms with E-state index in [9.17, 15) is 4.79 Å². The SMILES string of the molecule is COC(=O)CC#Cc1cccnc1OC. The zero-order valence-corrected chi connectivity index (χ0v) is 8.61. The summed E-state index contributed by atoms with van der Waals surface area (Å²) in [6.45, 7) is 0. The number of hydrogen-bond donors (Lipinski definition) is 0. The monoisotopic (exact) mass is 205 g/mol. The van der Waals surface area contributed by atoms with E-state index in [4.69, 9.17) is 4.74 Å². The Morgan fingerprint density at radius 2 is 2.33 bits per heavy atom. The molecule has 0 saturated heterocycles. The first-order valence-corrected chi connectivity index (χ1v) is 4.32. The van der Waals surface area contributed by atoms with Gasteiger partial charge in [0.15, 0.2) is 0 Å². The van der Waals surface area contributed by atoms with Crippen molar-refractivity contribution in [3.05, 3.63) is 23.9 Å². The first-order chi connectivity index (χ1) is 7.27. The van der Waals surface area contributed by atoms with Gasteiger partial charge in [0.1, 0.15) is 6.42 Å². The van der Waals surface area contributed by atoms with E-state index in [0.29, 0.717) is 11.4 Å². The predicted octanol–water partition coefficient (Wildman–Crippen LogP) is 1.00. The van der Waals surface area contributed by atoms with Gasteiger partial charge in [-0.3, -0.25) is 4.79 Å². The van der Waals surface area contributed by atoms with Crippen LogP contribution < -0.4 is 4.74 Å². The second kappa shape index (κ2) is 5.66. The van der Waals surface area contributed by atoms with E-state index < -0.39 is 0 Å². The van der Waals surface area contributed by atoms with Crippen molar-refractivity contribution >= 4 is 5.97 Å². The highest BCUT2D eigenvalue weighted by Gasteiger charge is 1.99. The number of carbonyl (C=O) groups excluding carboxylic acids is 1. The smallest absolute Gasteiger partial charge is 0.317 e. The van der Waals surface area contributed by atoms with Crippen molar-refractivity contribution in [2.24, 2.45) is 0 Å². The lowest BCUT2D eigenvalue weighted by atomic mass is 10.2. The fourth-order valence-electron chi connectivity index (χ4n) is 0.932. The van der Waals surface area contributed by atoms with E-state index in [1.54, 1.807) is 18.3 Å². The van der Waals surface area contributed by atoms with Crippen molar-refractivity contribution < 1.29 is 14.3 Å². The Labute approximate surface area is 88.2 Å². The van der Waals surface area contributed by atoms with Crippen LogP contribution in [0.25, 0.3) is 0 Å². The van der Waals surface area contributed by atoms with Gasteiger partial charge in [-0.05, 0) is 12.1 Å². The molecule has 0 radical (unpaired) electrons. The lowest BCUT2D eigenvalue weighted by Gasteiger charge is -1.99. The molecule has 15 heavy (non-hydrogen) atoms. The number of methoxy groups -OCH3 is 2. The Morgan fingerprint density at radius 1 is 1.53 bits per heavy atom. The van der Waals surface area contributed by atoms with Gasteiger partial charge in [-0.15, -0.1) is 0 Å². The molecule has 0 amide bonds. The number of carbonyl (C=O) groups is 1. The van der Waals surface area contributed by atoms with Crippen molar-refractivity contribution in [1.82, 2.24) is 4.98 Å². The fourth-order valence-corrected chi connectivity index (χ4v) is 0.932. The van der Waals surface area contributed by atoms with E-state index in [0.717, 1.165) is 0 Å². The minimum atomic E-state index is -0.356. The summed E-state index contributed by atoms with van der Waals surface area (Å²) >= 11 is 0. The van der Waals surface area contributed by atoms with Crippen LogP contribution in [0.3, 0.4) is 0 Å². The molecule has 0 N–H and O–H groups in total. The first kappa shape index (κ1) is 11.1. The molecule has 78 valence electrons. The molecule has 0 fully saturated rings. The van der Waals surface area contributed by atoms with E-state index >= 15 is 0 Å². The van der Waals surface area contributed by atoms with Gasteiger partial charge in [0.25, 0.3) is 0 Å². The molecular weight excluding hydrogens is 194 g/mol. The minimum Gasteiger partial charge on any atom is -0.480 e. The second-order valence-corrected chi connectivity index (χ2v) is 2.61. The number of ether oxygens (including phenoxy) is 2. The molecule has 1 rings (SSSR count). The topological polar surface area (TPSA) is 48.4 Å². The van der Waals surface area contributed by atoms with Crippen LogP contribution in [-0.4, -0.2) is 25.2 Å². The molecule has 0 bridgehead atoms. The molecule has 1 aromatic rings. The Bertz CT molecular complexity index is 404. The van der Waals surface area contributed by atoms with Crippen LogP contribution in [0.5, 0.6) is 5.88 Å². The van der Waals surface area contributed by atoms with E-state index in [2.05, 4.69) is 21.6 Å². The molecule has 0 atom stereocenters. The summed E-state index contributed by atoms with van der Waals surface area (Å²) in [4.78, 5) is 14.8. The van der Waals surface area contributed by atoms with Crippen LogP contribution in [0.2, 0.25) is 0 Å². The van der Waals surface area contributed by atoms with E-state index in [1.807, 2.05) is 0 Å². The van der Waals surface area contributed by atoms with Gasteiger partial charge >= 0.3 is 5.97 Å². The summed E-state index contributed by atoms with van der Waals surface area (Å²) in [5, 5.41) is 0. The molecule has 0 spiro atoms. The summed E-state index contributed by atoms with van der Waals surface area (Å²) in [7, 11) is 2.85. The Hall–Kier alpha value is -2.02. The zero-order chi connectivity index (χ0) is 11.1. The van der Waals surface area contributed by atoms with Gasteiger partial charge in [-0.25, -0.2) is 4.98 Å². The number of esters is 1. The van der Waals surface area contributed by atoms with Gasteiger partial charge < -0.3 is 9.47 Å². The normalized spacial score (nSPS) is 8.67. The van der Waals surface area contributed by atoms with Gasteiger partial charge in [-0.1, -0.05) is 11.8 Å². The average molecular weight is 205 g/mol. The predicted molar refractivity (Wildman–Crippen MR) is 54.3 cm³/mol. The van der Waals surface area contributed by atoms with E-state index in [1.165, 1.54) is 14.2 Å². The third kappa shape index (κ3) is 3.31. The molecule has 0 aromatic carbocycles. The van der Waals surface area contributed by atoms with Crippen LogP contribution in [0, 0.1) is 11.8 Å². The third-order valence-corrected chi connectivity index (χ3v) is 1.65. The molecule has 0 aliphatic heterocycles. The summed E-state index contributed by atoms with van der Waals surface area (Å²) in [5.74, 6) is 5.57. The summed E-state index contributed by atoms with van der Waals surface area (Å²) in [5.41, 5.74) is 0.656. The van der Waals surface area contributed by atoms with Crippen LogP contribution in [0.1, 0.15) is 12.0 Å². The number of rotatable bonds is 2. The summed E-state index contributed by atoms with van der Waals surface area (Å²) in [6, 6.07) is 3.53. The van der Waals surface area contributed by atoms with Gasteiger partial charge in [0, 0.05) is 6.20 Å². The quantitative estimate of drug-likeness (QED) is 0.534. The minimum absolute atomic E-state index is 0.0640. The van der Waals surface area contributed by atoms with Crippen LogP contribution in [-0.2, 0) is 9.53 Å². The molecular formula is C11H11NO3. The Kier molecular flexibility index (Phi) is 4.17. The Balaban J connectivity index is 2.75. The molecule has 0 unspecified atom stereocenters. The average Bonchev–Trinajstić information content (AvgIpc) is 2.29. The van der Waals surface area contributed by atoms with Gasteiger partial charge in [-0.2, -0.15) is 0 Å². The molecule has 0 aliphatic rings. The standard InChI is InChI=1S/C11H11NO3/c1-14-10(13)7-3-5-9-6-4-8-12-11(9)15-2/h4,6,8H,7H2,1-2H3. The maximum atomic E-state index is 10.8. The van der Waals surface area contributed by atoms with Crippen molar-refractivity contribution in [2.45, 2.75) is 6.42 Å². The van der Waals surface area contributed by atoms with Crippen molar-refractivity contribution in [2.75, 3.05) is 14.2 Å². The maximum Gasteiger partial charge on any atom is 0.317 e. The molecule has 0 saturated carbocycles. The summed E-state index contributed by atoms with van der Waals surface area (Å²) < 4.78 is 9.46. The molecule has 4 heteroatoms. The fraction of sp³-hybridized carbons (Fsp3) is 0.273. The zero-order valence-electron chi connectivity index (χ0n) is 8.61. The first-order valence-electron chi connectivity index (χ1n) is 4.32. The number of nitrogens with zero attached hydrogens (tertiary/aromatic N) is 1. The van der Waals surface area contributed by atoms with Crippen LogP contribution in [0.4, 0.5) is 0 Å². The van der Waals surface area contributed by atoms with E-state index in [-0.39, 0.29) is 12.4 Å². The molecule has 4 nitrogen and oxygen atoms in total. The highest BCUT2D eigenvalue weighted by Crippen LogP contribution is 2.11.